The van der Waals surface area contributed by atoms with Crippen molar-refractivity contribution in [3.05, 3.63) is 219 Å². The van der Waals surface area contributed by atoms with Gasteiger partial charge in [-0.3, -0.25) is 15.0 Å². The lowest BCUT2D eigenvalue weighted by atomic mass is 9.85. The van der Waals surface area contributed by atoms with Gasteiger partial charge in [-0.25, -0.2) is 0 Å². The van der Waals surface area contributed by atoms with Crippen LogP contribution in [0, 0.1) is 0 Å². The van der Waals surface area contributed by atoms with Gasteiger partial charge in [-0.1, -0.05) is 152 Å². The molecule has 0 saturated heterocycles. The van der Waals surface area contributed by atoms with E-state index in [0.717, 1.165) is 66.0 Å². The van der Waals surface area contributed by atoms with Gasteiger partial charge in [0.05, 0.1) is 22.1 Å². The van der Waals surface area contributed by atoms with Gasteiger partial charge < -0.3 is 4.57 Å². The van der Waals surface area contributed by atoms with Crippen molar-refractivity contribution in [3.63, 3.8) is 0 Å². The lowest BCUT2D eigenvalue weighted by molar-refractivity contribution is 1.18. The Balaban J connectivity index is 0.958. The van der Waals surface area contributed by atoms with Gasteiger partial charge in [0.25, 0.3) is 0 Å². The van der Waals surface area contributed by atoms with E-state index in [0.29, 0.717) is 0 Å². The largest absolute Gasteiger partial charge is 0.309 e. The van der Waals surface area contributed by atoms with Gasteiger partial charge in [-0.15, -0.1) is 0 Å². The van der Waals surface area contributed by atoms with Gasteiger partial charge in [0.1, 0.15) is 0 Å². The summed E-state index contributed by atoms with van der Waals surface area (Å²) in [5.41, 5.74) is 14.5. The highest BCUT2D eigenvalue weighted by molar-refractivity contribution is 6.23. The molecule has 13 rings (SSSR count). The van der Waals surface area contributed by atoms with Crippen LogP contribution in [0.3, 0.4) is 0 Å². The van der Waals surface area contributed by atoms with Crippen molar-refractivity contribution in [1.82, 2.24) is 19.5 Å². The highest BCUT2D eigenvalue weighted by Gasteiger charge is 2.20. The van der Waals surface area contributed by atoms with Crippen LogP contribution in [0.2, 0.25) is 0 Å². The Morgan fingerprint density at radius 1 is 0.333 bits per heavy atom. The van der Waals surface area contributed by atoms with E-state index in [-0.39, 0.29) is 0 Å². The Morgan fingerprint density at radius 2 is 0.889 bits per heavy atom. The van der Waals surface area contributed by atoms with Crippen molar-refractivity contribution in [2.75, 3.05) is 0 Å². The molecule has 0 saturated carbocycles. The van der Waals surface area contributed by atoms with Crippen molar-refractivity contribution >= 4 is 75.9 Å². The second-order valence-electron chi connectivity index (χ2n) is 16.4. The Hall–Kier alpha value is -8.47. The third-order valence-electron chi connectivity index (χ3n) is 12.9. The quantitative estimate of drug-likeness (QED) is 0.129. The van der Waals surface area contributed by atoms with Crippen molar-refractivity contribution in [3.8, 4) is 50.2 Å². The summed E-state index contributed by atoms with van der Waals surface area (Å²) >= 11 is 0. The first-order valence-corrected chi connectivity index (χ1v) is 21.4. The van der Waals surface area contributed by atoms with E-state index in [1.54, 1.807) is 0 Å². The highest BCUT2D eigenvalue weighted by atomic mass is 15.0. The molecule has 0 N–H and O–H groups in total. The van der Waals surface area contributed by atoms with E-state index in [9.17, 15) is 0 Å². The second kappa shape index (κ2) is 14.1. The van der Waals surface area contributed by atoms with Crippen molar-refractivity contribution in [1.29, 1.82) is 0 Å². The molecule has 4 nitrogen and oxygen atoms in total. The SMILES string of the molecule is c1ccc(-c2c3ccccc3c(-c3ccccc3)c3cc(-c4cnc5c(ccc6cc(-c7cc8c9cnccc9n(-c9ccccc9)c8c8ccccc78)cnc65)c4)ccc23)cc1. The van der Waals surface area contributed by atoms with Crippen LogP contribution in [0.4, 0.5) is 0 Å². The smallest absolute Gasteiger partial charge is 0.0965 e. The number of rotatable bonds is 5. The first-order valence-electron chi connectivity index (χ1n) is 21.4. The van der Waals surface area contributed by atoms with Crippen LogP contribution in [0.15, 0.2) is 219 Å². The minimum atomic E-state index is 0.891. The molecule has 0 aliphatic heterocycles. The average molecular weight is 801 g/mol. The molecular formula is C59H36N4. The van der Waals surface area contributed by atoms with Crippen LogP contribution in [-0.4, -0.2) is 19.5 Å². The summed E-state index contributed by atoms with van der Waals surface area (Å²) < 4.78 is 2.37. The highest BCUT2D eigenvalue weighted by Crippen LogP contribution is 2.46. The predicted molar refractivity (Wildman–Crippen MR) is 263 cm³/mol. The predicted octanol–water partition coefficient (Wildman–Crippen LogP) is 15.4. The third kappa shape index (κ3) is 5.52. The molecule has 63 heavy (non-hydrogen) atoms. The first kappa shape index (κ1) is 35.3. The molecular weight excluding hydrogens is 765 g/mol. The van der Waals surface area contributed by atoms with E-state index >= 15 is 0 Å². The third-order valence-corrected chi connectivity index (χ3v) is 12.9. The fourth-order valence-electron chi connectivity index (χ4n) is 10.1. The topological polar surface area (TPSA) is 43.6 Å². The molecule has 0 bridgehead atoms. The molecule has 0 fully saturated rings. The number of benzene rings is 9. The molecule has 0 amide bonds. The van der Waals surface area contributed by atoms with E-state index in [1.165, 1.54) is 60.1 Å². The lowest BCUT2D eigenvalue weighted by Crippen LogP contribution is -1.95. The van der Waals surface area contributed by atoms with E-state index < -0.39 is 0 Å². The number of hydrogen-bond donors (Lipinski definition) is 0. The molecule has 4 heterocycles. The fraction of sp³-hybridized carbons (Fsp3) is 0. The maximum absolute atomic E-state index is 5.16. The van der Waals surface area contributed by atoms with Crippen LogP contribution in [-0.2, 0) is 0 Å². The number of para-hydroxylation sites is 1. The first-order chi connectivity index (χ1) is 31.3. The van der Waals surface area contributed by atoms with Gasteiger partial charge in [0.15, 0.2) is 0 Å². The number of pyridine rings is 3. The summed E-state index contributed by atoms with van der Waals surface area (Å²) in [6.07, 6.45) is 7.90. The van der Waals surface area contributed by atoms with Crippen LogP contribution in [0.5, 0.6) is 0 Å². The zero-order chi connectivity index (χ0) is 41.4. The van der Waals surface area contributed by atoms with Gasteiger partial charge in [0.2, 0.25) is 0 Å². The van der Waals surface area contributed by atoms with Crippen LogP contribution < -0.4 is 0 Å². The Bertz CT molecular complexity index is 3950. The summed E-state index contributed by atoms with van der Waals surface area (Å²) in [7, 11) is 0. The standard InChI is InChI=1S/C59H36N4/c1-4-14-37(15-5-1)55-46-21-11-12-22-47(46)56(38-16-6-2-7-17-38)51-32-39(26-27-48(51)55)42-30-40-24-25-41-31-43(35-62-58(41)57(40)61-34-42)50-33-52-53-36-60-29-28-54(53)63(44-18-8-3-9-19-44)59(52)49-23-13-10-20-45(49)50/h1-36H. The molecule has 0 unspecified atom stereocenters. The molecule has 292 valence electrons. The van der Waals surface area contributed by atoms with E-state index in [2.05, 4.69) is 204 Å². The van der Waals surface area contributed by atoms with Gasteiger partial charge >= 0.3 is 0 Å². The maximum Gasteiger partial charge on any atom is 0.0965 e. The second-order valence-corrected chi connectivity index (χ2v) is 16.4. The van der Waals surface area contributed by atoms with E-state index in [4.69, 9.17) is 9.97 Å². The Morgan fingerprint density at radius 3 is 1.57 bits per heavy atom. The summed E-state index contributed by atoms with van der Waals surface area (Å²) in [5.74, 6) is 0. The van der Waals surface area contributed by atoms with Gasteiger partial charge in [0, 0.05) is 68.5 Å². The average Bonchev–Trinajstić information content (AvgIpc) is 3.70. The van der Waals surface area contributed by atoms with Crippen LogP contribution >= 0.6 is 0 Å². The molecule has 4 aromatic heterocycles. The molecule has 0 radical (unpaired) electrons. The van der Waals surface area contributed by atoms with Crippen molar-refractivity contribution in [2.45, 2.75) is 0 Å². The Kier molecular flexibility index (Phi) is 7.87. The zero-order valence-corrected chi connectivity index (χ0v) is 34.1. The van der Waals surface area contributed by atoms with Crippen molar-refractivity contribution in [2.24, 2.45) is 0 Å². The molecule has 0 aliphatic carbocycles. The molecule has 4 heteroatoms. The maximum atomic E-state index is 5.16. The van der Waals surface area contributed by atoms with Crippen LogP contribution in [0.25, 0.3) is 126 Å². The summed E-state index contributed by atoms with van der Waals surface area (Å²) in [4.78, 5) is 14.9. The van der Waals surface area contributed by atoms with E-state index in [1.807, 2.05) is 24.8 Å². The minimum Gasteiger partial charge on any atom is -0.309 e. The van der Waals surface area contributed by atoms with Crippen molar-refractivity contribution < 1.29 is 0 Å². The monoisotopic (exact) mass is 800 g/mol. The van der Waals surface area contributed by atoms with Gasteiger partial charge in [-0.2, -0.15) is 0 Å². The van der Waals surface area contributed by atoms with Crippen LogP contribution in [0.1, 0.15) is 0 Å². The normalized spacial score (nSPS) is 11.8. The number of nitrogens with zero attached hydrogens (tertiary/aromatic N) is 4. The summed E-state index contributed by atoms with van der Waals surface area (Å²) in [6.45, 7) is 0. The number of hydrogen-bond acceptors (Lipinski definition) is 3. The van der Waals surface area contributed by atoms with Gasteiger partial charge in [-0.05, 0) is 103 Å². The Labute approximate surface area is 363 Å². The summed E-state index contributed by atoms with van der Waals surface area (Å²) in [6, 6.07) is 70.0. The molecule has 0 spiro atoms. The minimum absolute atomic E-state index is 0.891. The molecule has 9 aromatic carbocycles. The molecule has 0 atom stereocenters. The molecule has 13 aromatic rings. The number of aromatic nitrogens is 4. The number of fused-ring (bicyclic) bond motifs is 10. The fourth-order valence-corrected chi connectivity index (χ4v) is 10.1. The zero-order valence-electron chi connectivity index (χ0n) is 34.1. The lowest BCUT2D eigenvalue weighted by Gasteiger charge is -2.18. The molecule has 0 aliphatic rings. The summed E-state index contributed by atoms with van der Waals surface area (Å²) in [5, 5.41) is 11.7.